The summed E-state index contributed by atoms with van der Waals surface area (Å²) in [7, 11) is 0. The highest BCUT2D eigenvalue weighted by atomic mass is 19.4. The first-order chi connectivity index (χ1) is 8.79. The van der Waals surface area contributed by atoms with Crippen LogP contribution in [0.15, 0.2) is 27.9 Å². The van der Waals surface area contributed by atoms with Gasteiger partial charge in [0.05, 0.1) is 6.26 Å². The number of hydrogen-bond donors (Lipinski definition) is 1. The molecule has 0 saturated carbocycles. The summed E-state index contributed by atoms with van der Waals surface area (Å²) in [4.78, 5) is 11.9. The molecule has 2 rings (SSSR count). The summed E-state index contributed by atoms with van der Waals surface area (Å²) >= 11 is 0. The Morgan fingerprint density at radius 3 is 2.79 bits per heavy atom. The van der Waals surface area contributed by atoms with Gasteiger partial charge in [0.25, 0.3) is 5.72 Å². The lowest BCUT2D eigenvalue weighted by atomic mass is 10.1. The monoisotopic (exact) mass is 276 g/mol. The summed E-state index contributed by atoms with van der Waals surface area (Å²) < 4.78 is 43.6. The third-order valence-corrected chi connectivity index (χ3v) is 2.83. The maximum absolute atomic E-state index is 13.0. The number of amides is 1. The fourth-order valence-corrected chi connectivity index (χ4v) is 1.75. The first-order valence-electron chi connectivity index (χ1n) is 5.53. The Labute approximate surface area is 106 Å². The Hall–Kier alpha value is -1.83. The number of carbonyl (C=O) groups is 1. The maximum Gasteiger partial charge on any atom is 0.438 e. The van der Waals surface area contributed by atoms with E-state index < -0.39 is 24.2 Å². The number of hydrogen-bond acceptors (Lipinski definition) is 4. The van der Waals surface area contributed by atoms with Gasteiger partial charge in [0.2, 0.25) is 0 Å². The van der Waals surface area contributed by atoms with Gasteiger partial charge in [-0.25, -0.2) is 0 Å². The summed E-state index contributed by atoms with van der Waals surface area (Å²) in [6.07, 6.45) is -4.39. The first kappa shape index (κ1) is 13.6. The van der Waals surface area contributed by atoms with E-state index in [-0.39, 0.29) is 22.9 Å². The zero-order valence-electron chi connectivity index (χ0n) is 9.94. The van der Waals surface area contributed by atoms with Gasteiger partial charge in [-0.1, -0.05) is 6.92 Å². The molecular formula is C11H11F3N2O3. The van der Waals surface area contributed by atoms with E-state index in [0.29, 0.717) is 0 Å². The van der Waals surface area contributed by atoms with Crippen molar-refractivity contribution in [3.05, 3.63) is 24.2 Å². The molecule has 0 fully saturated rings. The highest BCUT2D eigenvalue weighted by Crippen LogP contribution is 2.41. The number of rotatable bonds is 2. The molecule has 0 bridgehead atoms. The van der Waals surface area contributed by atoms with Crippen molar-refractivity contribution in [2.24, 2.45) is 5.10 Å². The van der Waals surface area contributed by atoms with Gasteiger partial charge in [-0.3, -0.25) is 4.79 Å². The first-order valence-corrected chi connectivity index (χ1v) is 5.53. The minimum absolute atomic E-state index is 0.0463. The number of halogens is 3. The van der Waals surface area contributed by atoms with Crippen LogP contribution in [0.5, 0.6) is 0 Å². The lowest BCUT2D eigenvalue weighted by molar-refractivity contribution is -0.297. The number of carbonyl (C=O) groups excluding carboxylic acids is 1. The zero-order valence-corrected chi connectivity index (χ0v) is 9.94. The molecule has 0 aromatic carbocycles. The quantitative estimate of drug-likeness (QED) is 0.900. The third-order valence-electron chi connectivity index (χ3n) is 2.83. The fourth-order valence-electron chi connectivity index (χ4n) is 1.75. The lowest BCUT2D eigenvalue weighted by Crippen LogP contribution is -2.56. The van der Waals surface area contributed by atoms with Crippen molar-refractivity contribution in [3.8, 4) is 0 Å². The largest absolute Gasteiger partial charge is 0.459 e. The average Bonchev–Trinajstić information content (AvgIpc) is 2.94. The number of aliphatic hydroxyl groups is 1. The van der Waals surface area contributed by atoms with Crippen LogP contribution in [0.3, 0.4) is 0 Å². The molecule has 0 radical (unpaired) electrons. The molecule has 1 amide bonds. The van der Waals surface area contributed by atoms with Gasteiger partial charge in [-0.15, -0.1) is 0 Å². The van der Waals surface area contributed by atoms with E-state index >= 15 is 0 Å². The molecule has 0 saturated heterocycles. The minimum Gasteiger partial charge on any atom is -0.459 e. The van der Waals surface area contributed by atoms with Crippen LogP contribution in [-0.4, -0.2) is 33.6 Å². The summed E-state index contributed by atoms with van der Waals surface area (Å²) in [5.41, 5.74) is -3.22. The number of alkyl halides is 3. The van der Waals surface area contributed by atoms with Gasteiger partial charge in [0.15, 0.2) is 5.76 Å². The molecular weight excluding hydrogens is 265 g/mol. The molecule has 0 unspecified atom stereocenters. The molecule has 0 spiro atoms. The van der Waals surface area contributed by atoms with Gasteiger partial charge in [0, 0.05) is 12.1 Å². The van der Waals surface area contributed by atoms with Gasteiger partial charge in [-0.05, 0) is 18.6 Å². The summed E-state index contributed by atoms with van der Waals surface area (Å²) in [5.74, 6) is -1.45. The van der Waals surface area contributed by atoms with Crippen LogP contribution in [0.4, 0.5) is 13.2 Å². The maximum atomic E-state index is 13.0. The number of furan rings is 1. The highest BCUT2D eigenvalue weighted by Gasteiger charge is 2.63. The van der Waals surface area contributed by atoms with Crippen molar-refractivity contribution in [3.63, 3.8) is 0 Å². The van der Waals surface area contributed by atoms with Crippen LogP contribution in [0.1, 0.15) is 30.3 Å². The van der Waals surface area contributed by atoms with E-state index in [2.05, 4.69) is 5.10 Å². The van der Waals surface area contributed by atoms with E-state index in [9.17, 15) is 23.1 Å². The standard InChI is InChI=1S/C11H11F3N2O3/c1-2-7-6-10(18,11(12,13)14)16(15-7)9(17)8-4-3-5-19-8/h3-5,18H,2,6H2,1H3/t10-/m0/s1. The summed E-state index contributed by atoms with van der Waals surface area (Å²) in [5, 5.41) is 13.4. The normalized spacial score (nSPS) is 23.6. The van der Waals surface area contributed by atoms with E-state index in [1.807, 2.05) is 0 Å². The molecule has 1 aliphatic heterocycles. The molecule has 1 aromatic rings. The topological polar surface area (TPSA) is 66.0 Å². The van der Waals surface area contributed by atoms with Crippen molar-refractivity contribution in [1.82, 2.24) is 5.01 Å². The van der Waals surface area contributed by atoms with E-state index in [1.54, 1.807) is 6.92 Å². The molecule has 8 heteroatoms. The Morgan fingerprint density at radius 2 is 2.32 bits per heavy atom. The fraction of sp³-hybridized carbons (Fsp3) is 0.455. The van der Waals surface area contributed by atoms with Crippen LogP contribution in [0.2, 0.25) is 0 Å². The third kappa shape index (κ3) is 2.12. The molecule has 19 heavy (non-hydrogen) atoms. The Morgan fingerprint density at radius 1 is 1.63 bits per heavy atom. The van der Waals surface area contributed by atoms with Crippen molar-refractivity contribution >= 4 is 11.6 Å². The Balaban J connectivity index is 2.40. The molecule has 0 aliphatic carbocycles. The van der Waals surface area contributed by atoms with Crippen molar-refractivity contribution < 1.29 is 27.5 Å². The Kier molecular flexibility index (Phi) is 3.13. The van der Waals surface area contributed by atoms with Gasteiger partial charge >= 0.3 is 12.1 Å². The lowest BCUT2D eigenvalue weighted by Gasteiger charge is -2.32. The van der Waals surface area contributed by atoms with Gasteiger partial charge < -0.3 is 9.52 Å². The van der Waals surface area contributed by atoms with Crippen molar-refractivity contribution in [2.75, 3.05) is 0 Å². The number of hydrazone groups is 1. The van der Waals surface area contributed by atoms with Crippen LogP contribution in [0, 0.1) is 0 Å². The zero-order chi connectivity index (χ0) is 14.3. The predicted octanol–water partition coefficient (Wildman–Crippen LogP) is 2.14. The predicted molar refractivity (Wildman–Crippen MR) is 58.2 cm³/mol. The number of nitrogens with zero attached hydrogens (tertiary/aromatic N) is 2. The summed E-state index contributed by atoms with van der Waals surface area (Å²) in [6, 6.07) is 2.57. The molecule has 5 nitrogen and oxygen atoms in total. The van der Waals surface area contributed by atoms with Crippen LogP contribution in [-0.2, 0) is 0 Å². The van der Waals surface area contributed by atoms with E-state index in [4.69, 9.17) is 4.42 Å². The van der Waals surface area contributed by atoms with Crippen molar-refractivity contribution in [2.45, 2.75) is 31.7 Å². The summed E-state index contributed by atoms with van der Waals surface area (Å²) in [6.45, 7) is 1.59. The molecule has 104 valence electrons. The highest BCUT2D eigenvalue weighted by molar-refractivity contribution is 5.96. The van der Waals surface area contributed by atoms with Crippen LogP contribution >= 0.6 is 0 Å². The molecule has 1 aromatic heterocycles. The van der Waals surface area contributed by atoms with Crippen LogP contribution < -0.4 is 0 Å². The molecule has 1 N–H and O–H groups in total. The van der Waals surface area contributed by atoms with E-state index in [1.165, 1.54) is 12.1 Å². The SMILES string of the molecule is CCC1=NN(C(=O)c2ccco2)[C@@](O)(C(F)(F)F)C1. The smallest absolute Gasteiger partial charge is 0.438 e. The average molecular weight is 276 g/mol. The van der Waals surface area contributed by atoms with Gasteiger partial charge in [0.1, 0.15) is 0 Å². The second-order valence-corrected chi connectivity index (χ2v) is 4.11. The van der Waals surface area contributed by atoms with Crippen molar-refractivity contribution in [1.29, 1.82) is 0 Å². The second-order valence-electron chi connectivity index (χ2n) is 4.11. The Bertz CT molecular complexity index is 510. The van der Waals surface area contributed by atoms with Gasteiger partial charge in [-0.2, -0.15) is 23.3 Å². The van der Waals surface area contributed by atoms with Crippen LogP contribution in [0.25, 0.3) is 0 Å². The second kappa shape index (κ2) is 4.37. The van der Waals surface area contributed by atoms with E-state index in [0.717, 1.165) is 6.26 Å². The minimum atomic E-state index is -5.00. The molecule has 1 atom stereocenters. The molecule has 2 heterocycles. The molecule has 1 aliphatic rings.